The number of anilines is 2. The summed E-state index contributed by atoms with van der Waals surface area (Å²) in [4.78, 5) is 2.00. The second-order valence-electron chi connectivity index (χ2n) is 4.55. The minimum absolute atomic E-state index is 0.00544. The molecule has 2 rings (SSSR count). The molecule has 0 bridgehead atoms. The molecule has 1 aromatic heterocycles. The van der Waals surface area contributed by atoms with Crippen molar-refractivity contribution < 1.29 is 8.42 Å². The molecule has 2 N–H and O–H groups in total. The van der Waals surface area contributed by atoms with Gasteiger partial charge in [-0.2, -0.15) is 4.37 Å². The van der Waals surface area contributed by atoms with Gasteiger partial charge in [0.25, 0.3) is 0 Å². The molecule has 114 valence electrons. The summed E-state index contributed by atoms with van der Waals surface area (Å²) in [6.45, 7) is 2.17. The molecule has 0 aliphatic heterocycles. The highest BCUT2D eigenvalue weighted by Gasteiger charge is 2.26. The largest absolute Gasteiger partial charge is 0.382 e. The van der Waals surface area contributed by atoms with E-state index in [1.54, 1.807) is 6.92 Å². The van der Waals surface area contributed by atoms with Gasteiger partial charge in [-0.3, -0.25) is 0 Å². The summed E-state index contributed by atoms with van der Waals surface area (Å²) in [6, 6.07) is 7.82. The zero-order valence-electron chi connectivity index (χ0n) is 11.7. The van der Waals surface area contributed by atoms with Gasteiger partial charge in [0.15, 0.2) is 15.7 Å². The predicted molar refractivity (Wildman–Crippen MR) is 90.5 cm³/mol. The van der Waals surface area contributed by atoms with Crippen LogP contribution in [0.2, 0.25) is 0 Å². The van der Waals surface area contributed by atoms with Gasteiger partial charge in [-0.05, 0) is 23.2 Å². The van der Waals surface area contributed by atoms with E-state index in [1.807, 2.05) is 36.2 Å². The van der Waals surface area contributed by atoms with Crippen molar-refractivity contribution in [2.45, 2.75) is 18.4 Å². The number of rotatable bonds is 5. The van der Waals surface area contributed by atoms with E-state index in [0.29, 0.717) is 11.5 Å². The molecule has 0 spiro atoms. The number of nitrogens with two attached hydrogens (primary N) is 1. The fourth-order valence-electron chi connectivity index (χ4n) is 1.92. The number of sulfone groups is 1. The zero-order chi connectivity index (χ0) is 15.6. The summed E-state index contributed by atoms with van der Waals surface area (Å²) in [5.41, 5.74) is 6.81. The van der Waals surface area contributed by atoms with E-state index in [0.717, 1.165) is 21.6 Å². The van der Waals surface area contributed by atoms with Gasteiger partial charge in [0.05, 0.1) is 5.75 Å². The third-order valence-corrected chi connectivity index (χ3v) is 6.72. The van der Waals surface area contributed by atoms with Gasteiger partial charge >= 0.3 is 0 Å². The Labute approximate surface area is 137 Å². The summed E-state index contributed by atoms with van der Waals surface area (Å²) in [6.07, 6.45) is 0. The number of benzene rings is 1. The van der Waals surface area contributed by atoms with E-state index < -0.39 is 9.84 Å². The molecule has 0 unspecified atom stereocenters. The second-order valence-corrected chi connectivity index (χ2v) is 8.37. The minimum Gasteiger partial charge on any atom is -0.382 e. The summed E-state index contributed by atoms with van der Waals surface area (Å²) < 4.78 is 29.3. The van der Waals surface area contributed by atoms with Crippen molar-refractivity contribution in [1.82, 2.24) is 4.37 Å². The first-order chi connectivity index (χ1) is 9.86. The number of hydrogen-bond donors (Lipinski definition) is 1. The maximum absolute atomic E-state index is 12.2. The minimum atomic E-state index is -3.39. The Morgan fingerprint density at radius 1 is 1.38 bits per heavy atom. The van der Waals surface area contributed by atoms with Crippen LogP contribution in [0.5, 0.6) is 0 Å². The molecule has 0 atom stereocenters. The zero-order valence-corrected chi connectivity index (χ0v) is 14.9. The van der Waals surface area contributed by atoms with Gasteiger partial charge in [-0.25, -0.2) is 8.42 Å². The first-order valence-electron chi connectivity index (χ1n) is 6.29. The molecule has 0 saturated heterocycles. The molecule has 1 heterocycles. The van der Waals surface area contributed by atoms with Crippen molar-refractivity contribution in [3.8, 4) is 0 Å². The van der Waals surface area contributed by atoms with E-state index in [1.165, 1.54) is 0 Å². The van der Waals surface area contributed by atoms with Crippen molar-refractivity contribution >= 4 is 48.1 Å². The quantitative estimate of drug-likeness (QED) is 0.850. The lowest BCUT2D eigenvalue weighted by molar-refractivity contribution is 0.597. The Kier molecular flexibility index (Phi) is 4.90. The van der Waals surface area contributed by atoms with E-state index >= 15 is 0 Å². The lowest BCUT2D eigenvalue weighted by Gasteiger charge is -2.19. The monoisotopic (exact) mass is 389 g/mol. The maximum Gasteiger partial charge on any atom is 0.184 e. The maximum atomic E-state index is 12.2. The van der Waals surface area contributed by atoms with Crippen LogP contribution < -0.4 is 10.6 Å². The summed E-state index contributed by atoms with van der Waals surface area (Å²) in [5.74, 6) is 0.0849. The van der Waals surface area contributed by atoms with Crippen molar-refractivity contribution in [1.29, 1.82) is 0 Å². The van der Waals surface area contributed by atoms with Crippen molar-refractivity contribution in [2.75, 3.05) is 23.4 Å². The Hall–Kier alpha value is -1.12. The Morgan fingerprint density at radius 3 is 2.67 bits per heavy atom. The molecule has 21 heavy (non-hydrogen) atoms. The lowest BCUT2D eigenvalue weighted by Crippen LogP contribution is -2.19. The van der Waals surface area contributed by atoms with E-state index in [2.05, 4.69) is 20.3 Å². The fraction of sp³-hybridized carbons (Fsp3) is 0.308. The number of nitrogen functional groups attached to an aromatic ring is 1. The molecule has 0 aliphatic carbocycles. The van der Waals surface area contributed by atoms with Crippen LogP contribution in [0.3, 0.4) is 0 Å². The highest BCUT2D eigenvalue weighted by molar-refractivity contribution is 9.10. The van der Waals surface area contributed by atoms with E-state index in [9.17, 15) is 8.42 Å². The molecule has 2 aromatic rings. The number of hydrogen-bond acceptors (Lipinski definition) is 6. The highest BCUT2D eigenvalue weighted by atomic mass is 79.9. The number of halogens is 1. The molecular weight excluding hydrogens is 374 g/mol. The van der Waals surface area contributed by atoms with Crippen molar-refractivity contribution in [3.05, 3.63) is 34.3 Å². The average molecular weight is 390 g/mol. The standard InChI is InChI=1S/C13H16BrN3O2S2/c1-3-21(18,19)11-12(15)16-20-13(11)17(2)8-9-6-4-5-7-10(9)14/h4-7H,3,8H2,1-2H3,(H2,15,16). The topological polar surface area (TPSA) is 76.3 Å². The second kappa shape index (κ2) is 6.33. The molecule has 0 amide bonds. The third kappa shape index (κ3) is 3.38. The fourth-order valence-corrected chi connectivity index (χ4v) is 4.62. The predicted octanol–water partition coefficient (Wildman–Crippen LogP) is 2.92. The molecule has 0 radical (unpaired) electrons. The first kappa shape index (κ1) is 16.3. The van der Waals surface area contributed by atoms with E-state index in [4.69, 9.17) is 5.73 Å². The van der Waals surface area contributed by atoms with Gasteiger partial charge in [-0.1, -0.05) is 41.1 Å². The number of aromatic nitrogens is 1. The molecule has 0 saturated carbocycles. The Morgan fingerprint density at radius 2 is 2.05 bits per heavy atom. The van der Waals surface area contributed by atoms with Crippen LogP contribution in [-0.2, 0) is 16.4 Å². The first-order valence-corrected chi connectivity index (χ1v) is 9.51. The smallest absolute Gasteiger partial charge is 0.184 e. The Bertz CT molecular complexity index is 744. The lowest BCUT2D eigenvalue weighted by atomic mass is 10.2. The van der Waals surface area contributed by atoms with Crippen LogP contribution in [0, 0.1) is 0 Å². The Balaban J connectivity index is 2.37. The van der Waals surface area contributed by atoms with Crippen LogP contribution >= 0.6 is 27.5 Å². The van der Waals surface area contributed by atoms with Crippen molar-refractivity contribution in [3.63, 3.8) is 0 Å². The molecular formula is C13H16BrN3O2S2. The van der Waals surface area contributed by atoms with Gasteiger partial charge in [0.1, 0.15) is 9.90 Å². The SMILES string of the molecule is CCS(=O)(=O)c1c(N)nsc1N(C)Cc1ccccc1Br. The highest BCUT2D eigenvalue weighted by Crippen LogP contribution is 2.35. The molecule has 0 fully saturated rings. The van der Waals surface area contributed by atoms with Crippen LogP contribution in [0.15, 0.2) is 33.6 Å². The summed E-state index contributed by atoms with van der Waals surface area (Å²) in [5, 5.41) is 0.574. The van der Waals surface area contributed by atoms with Crippen molar-refractivity contribution in [2.24, 2.45) is 0 Å². The van der Waals surface area contributed by atoms with Gasteiger partial charge in [-0.15, -0.1) is 0 Å². The average Bonchev–Trinajstić information content (AvgIpc) is 2.84. The molecule has 0 aliphatic rings. The summed E-state index contributed by atoms with van der Waals surface area (Å²) in [7, 11) is -1.56. The molecule has 5 nitrogen and oxygen atoms in total. The van der Waals surface area contributed by atoms with Gasteiger partial charge < -0.3 is 10.6 Å². The molecule has 8 heteroatoms. The normalized spacial score (nSPS) is 11.6. The van der Waals surface area contributed by atoms with Crippen LogP contribution in [0.4, 0.5) is 10.8 Å². The van der Waals surface area contributed by atoms with Gasteiger partial charge in [0, 0.05) is 18.1 Å². The van der Waals surface area contributed by atoms with E-state index in [-0.39, 0.29) is 16.5 Å². The van der Waals surface area contributed by atoms with Crippen LogP contribution in [0.1, 0.15) is 12.5 Å². The summed E-state index contributed by atoms with van der Waals surface area (Å²) >= 11 is 4.60. The third-order valence-electron chi connectivity index (χ3n) is 3.06. The van der Waals surface area contributed by atoms with Crippen LogP contribution in [0.25, 0.3) is 0 Å². The van der Waals surface area contributed by atoms with Crippen LogP contribution in [-0.4, -0.2) is 25.6 Å². The molecule has 1 aromatic carbocycles. The van der Waals surface area contributed by atoms with Gasteiger partial charge in [0.2, 0.25) is 0 Å². The number of nitrogens with zero attached hydrogens (tertiary/aromatic N) is 2.